The van der Waals surface area contributed by atoms with E-state index < -0.39 is 0 Å². The molecule has 2 N–H and O–H groups in total. The number of hydrogen-bond donors (Lipinski definition) is 2. The molecule has 0 aromatic heterocycles. The highest BCUT2D eigenvalue weighted by Gasteiger charge is 2.05. The van der Waals surface area contributed by atoms with Crippen LogP contribution >= 0.6 is 23.8 Å². The SMILES string of the molecule is CC[C@@H](C)NC(=S)Nc1cccc(Cl)c1C. The van der Waals surface area contributed by atoms with E-state index in [1.165, 1.54) is 0 Å². The zero-order chi connectivity index (χ0) is 12.1. The summed E-state index contributed by atoms with van der Waals surface area (Å²) in [6.07, 6.45) is 1.04. The van der Waals surface area contributed by atoms with Crippen LogP contribution in [0.2, 0.25) is 5.02 Å². The molecular formula is C12H17ClN2S. The summed E-state index contributed by atoms with van der Waals surface area (Å²) in [6.45, 7) is 6.18. The van der Waals surface area contributed by atoms with Gasteiger partial charge in [0.05, 0.1) is 0 Å². The third kappa shape index (κ3) is 3.65. The summed E-state index contributed by atoms with van der Waals surface area (Å²) in [5, 5.41) is 7.74. The molecule has 0 fully saturated rings. The molecule has 1 aromatic carbocycles. The fourth-order valence-corrected chi connectivity index (χ4v) is 1.71. The van der Waals surface area contributed by atoms with E-state index in [-0.39, 0.29) is 0 Å². The van der Waals surface area contributed by atoms with Crippen molar-refractivity contribution in [2.75, 3.05) is 5.32 Å². The Balaban J connectivity index is 2.66. The van der Waals surface area contributed by atoms with Crippen LogP contribution in [-0.4, -0.2) is 11.2 Å². The Bertz CT molecular complexity index is 379. The molecule has 0 saturated heterocycles. The highest BCUT2D eigenvalue weighted by molar-refractivity contribution is 7.80. The summed E-state index contributed by atoms with van der Waals surface area (Å²) in [6, 6.07) is 6.11. The lowest BCUT2D eigenvalue weighted by Crippen LogP contribution is -2.35. The Morgan fingerprint density at radius 2 is 2.19 bits per heavy atom. The van der Waals surface area contributed by atoms with Gasteiger partial charge in [0.1, 0.15) is 0 Å². The highest BCUT2D eigenvalue weighted by Crippen LogP contribution is 2.22. The summed E-state index contributed by atoms with van der Waals surface area (Å²) in [5.74, 6) is 0. The molecule has 0 heterocycles. The summed E-state index contributed by atoms with van der Waals surface area (Å²) >= 11 is 11.2. The van der Waals surface area contributed by atoms with Gasteiger partial charge in [-0.3, -0.25) is 0 Å². The normalized spacial score (nSPS) is 12.0. The molecule has 0 aliphatic rings. The van der Waals surface area contributed by atoms with Crippen LogP contribution in [0.1, 0.15) is 25.8 Å². The molecular weight excluding hydrogens is 240 g/mol. The van der Waals surface area contributed by atoms with E-state index in [1.54, 1.807) is 0 Å². The van der Waals surface area contributed by atoms with E-state index in [4.69, 9.17) is 23.8 Å². The van der Waals surface area contributed by atoms with Gasteiger partial charge in [0.2, 0.25) is 0 Å². The van der Waals surface area contributed by atoms with Crippen molar-refractivity contribution in [3.8, 4) is 0 Å². The van der Waals surface area contributed by atoms with Gasteiger partial charge in [-0.1, -0.05) is 24.6 Å². The smallest absolute Gasteiger partial charge is 0.170 e. The second-order valence-electron chi connectivity index (χ2n) is 3.82. The first kappa shape index (κ1) is 13.3. The van der Waals surface area contributed by atoms with E-state index >= 15 is 0 Å². The van der Waals surface area contributed by atoms with Crippen LogP contribution in [0, 0.1) is 6.92 Å². The Morgan fingerprint density at radius 3 is 2.81 bits per heavy atom. The molecule has 1 atom stereocenters. The summed E-state index contributed by atoms with van der Waals surface area (Å²) in [7, 11) is 0. The predicted octanol–water partition coefficient (Wildman–Crippen LogP) is 3.73. The molecule has 0 spiro atoms. The lowest BCUT2D eigenvalue weighted by Gasteiger charge is -2.16. The van der Waals surface area contributed by atoms with E-state index in [0.717, 1.165) is 22.7 Å². The average Bonchev–Trinajstić information content (AvgIpc) is 2.24. The molecule has 0 saturated carbocycles. The maximum absolute atomic E-state index is 6.03. The average molecular weight is 257 g/mol. The van der Waals surface area contributed by atoms with Crippen LogP contribution in [0.5, 0.6) is 0 Å². The molecule has 88 valence electrons. The standard InChI is InChI=1S/C12H17ClN2S/c1-4-8(2)14-12(16)15-11-7-5-6-10(13)9(11)3/h5-8H,4H2,1-3H3,(H2,14,15,16)/t8-/m1/s1. The van der Waals surface area contributed by atoms with Crippen molar-refractivity contribution in [2.45, 2.75) is 33.2 Å². The van der Waals surface area contributed by atoms with Gasteiger partial charge in [0.25, 0.3) is 0 Å². The van der Waals surface area contributed by atoms with Gasteiger partial charge in [0.15, 0.2) is 5.11 Å². The quantitative estimate of drug-likeness (QED) is 0.806. The first-order valence-electron chi connectivity index (χ1n) is 5.37. The molecule has 0 aliphatic heterocycles. The van der Waals surface area contributed by atoms with Crippen LogP contribution in [0.15, 0.2) is 18.2 Å². The minimum absolute atomic E-state index is 0.375. The monoisotopic (exact) mass is 256 g/mol. The van der Waals surface area contributed by atoms with E-state index in [9.17, 15) is 0 Å². The first-order valence-corrected chi connectivity index (χ1v) is 6.15. The Hall–Kier alpha value is -0.800. The maximum atomic E-state index is 6.03. The van der Waals surface area contributed by atoms with Crippen LogP contribution < -0.4 is 10.6 Å². The van der Waals surface area contributed by atoms with Crippen LogP contribution in [-0.2, 0) is 0 Å². The lowest BCUT2D eigenvalue weighted by molar-refractivity contribution is 0.646. The number of nitrogens with one attached hydrogen (secondary N) is 2. The van der Waals surface area contributed by atoms with Crippen molar-refractivity contribution >= 4 is 34.6 Å². The molecule has 4 heteroatoms. The maximum Gasteiger partial charge on any atom is 0.170 e. The van der Waals surface area contributed by atoms with Crippen LogP contribution in [0.3, 0.4) is 0 Å². The van der Waals surface area contributed by atoms with E-state index in [2.05, 4.69) is 24.5 Å². The van der Waals surface area contributed by atoms with Crippen molar-refractivity contribution in [3.63, 3.8) is 0 Å². The summed E-state index contributed by atoms with van der Waals surface area (Å²) < 4.78 is 0. The molecule has 1 aromatic rings. The topological polar surface area (TPSA) is 24.1 Å². The molecule has 16 heavy (non-hydrogen) atoms. The molecule has 0 amide bonds. The van der Waals surface area contributed by atoms with Gasteiger partial charge in [0, 0.05) is 16.8 Å². The van der Waals surface area contributed by atoms with Crippen molar-refractivity contribution in [1.82, 2.24) is 5.32 Å². The second-order valence-corrected chi connectivity index (χ2v) is 4.64. The fraction of sp³-hybridized carbons (Fsp3) is 0.417. The fourth-order valence-electron chi connectivity index (χ4n) is 1.23. The second kappa shape index (κ2) is 6.06. The number of benzene rings is 1. The third-order valence-electron chi connectivity index (χ3n) is 2.51. The molecule has 0 unspecified atom stereocenters. The van der Waals surface area contributed by atoms with Crippen LogP contribution in [0.25, 0.3) is 0 Å². The third-order valence-corrected chi connectivity index (χ3v) is 3.14. The minimum Gasteiger partial charge on any atom is -0.360 e. The molecule has 2 nitrogen and oxygen atoms in total. The summed E-state index contributed by atoms with van der Waals surface area (Å²) in [4.78, 5) is 0. The van der Waals surface area contributed by atoms with Gasteiger partial charge in [-0.05, 0) is 50.2 Å². The Morgan fingerprint density at radius 1 is 1.50 bits per heavy atom. The van der Waals surface area contributed by atoms with Gasteiger partial charge in [-0.15, -0.1) is 0 Å². The number of anilines is 1. The Kier molecular flexibility index (Phi) is 5.03. The number of thiocarbonyl (C=S) groups is 1. The molecule has 0 bridgehead atoms. The first-order chi connectivity index (χ1) is 7.54. The van der Waals surface area contributed by atoms with Crippen molar-refractivity contribution in [1.29, 1.82) is 0 Å². The van der Waals surface area contributed by atoms with E-state index in [0.29, 0.717) is 11.2 Å². The number of hydrogen-bond acceptors (Lipinski definition) is 1. The number of halogens is 1. The zero-order valence-corrected chi connectivity index (χ0v) is 11.4. The molecule has 1 rings (SSSR count). The van der Waals surface area contributed by atoms with Gasteiger partial charge in [-0.2, -0.15) is 0 Å². The van der Waals surface area contributed by atoms with Crippen LogP contribution in [0.4, 0.5) is 5.69 Å². The van der Waals surface area contributed by atoms with Gasteiger partial charge < -0.3 is 10.6 Å². The largest absolute Gasteiger partial charge is 0.360 e. The number of rotatable bonds is 3. The predicted molar refractivity (Wildman–Crippen MR) is 75.3 cm³/mol. The van der Waals surface area contributed by atoms with Gasteiger partial charge >= 0.3 is 0 Å². The minimum atomic E-state index is 0.375. The molecule has 0 aliphatic carbocycles. The lowest BCUT2D eigenvalue weighted by atomic mass is 10.2. The Labute approximate surface area is 107 Å². The zero-order valence-electron chi connectivity index (χ0n) is 9.80. The van der Waals surface area contributed by atoms with Crippen molar-refractivity contribution in [2.24, 2.45) is 0 Å². The van der Waals surface area contributed by atoms with Gasteiger partial charge in [-0.25, -0.2) is 0 Å². The van der Waals surface area contributed by atoms with Crippen molar-refractivity contribution in [3.05, 3.63) is 28.8 Å². The summed E-state index contributed by atoms with van der Waals surface area (Å²) in [5.41, 5.74) is 1.96. The van der Waals surface area contributed by atoms with Crippen molar-refractivity contribution < 1.29 is 0 Å². The highest BCUT2D eigenvalue weighted by atomic mass is 35.5. The molecule has 0 radical (unpaired) electrons. The van der Waals surface area contributed by atoms with E-state index in [1.807, 2.05) is 25.1 Å².